The van der Waals surface area contributed by atoms with Gasteiger partial charge in [0.25, 0.3) is 0 Å². The number of nitrogens with one attached hydrogen (secondary N) is 1. The van der Waals surface area contributed by atoms with Crippen LogP contribution >= 0.6 is 12.4 Å². The third kappa shape index (κ3) is 5.41. The molecule has 1 aromatic rings. The van der Waals surface area contributed by atoms with Crippen LogP contribution in [0.15, 0.2) is 24.3 Å². The van der Waals surface area contributed by atoms with E-state index in [0.29, 0.717) is 32.0 Å². The van der Waals surface area contributed by atoms with Crippen LogP contribution in [0.25, 0.3) is 0 Å². The molecule has 0 aliphatic carbocycles. The maximum Gasteiger partial charge on any atom is 0.242 e. The zero-order chi connectivity index (χ0) is 16.9. The first-order valence-corrected chi connectivity index (χ1v) is 8.62. The van der Waals surface area contributed by atoms with Crippen molar-refractivity contribution >= 4 is 24.2 Å². The molecule has 0 saturated carbocycles. The fourth-order valence-corrected chi connectivity index (χ4v) is 3.39. The molecule has 5 nitrogen and oxygen atoms in total. The predicted molar refractivity (Wildman–Crippen MR) is 95.9 cm³/mol. The van der Waals surface area contributed by atoms with E-state index in [4.69, 9.17) is 0 Å². The number of amides is 2. The van der Waals surface area contributed by atoms with Crippen LogP contribution in [0.1, 0.15) is 24.8 Å². The van der Waals surface area contributed by atoms with E-state index in [-0.39, 0.29) is 36.6 Å². The zero-order valence-electron chi connectivity index (χ0n) is 14.2. The van der Waals surface area contributed by atoms with E-state index in [2.05, 4.69) is 5.32 Å². The first-order chi connectivity index (χ1) is 11.6. The number of piperazine rings is 1. The zero-order valence-corrected chi connectivity index (χ0v) is 15.1. The van der Waals surface area contributed by atoms with Crippen molar-refractivity contribution in [3.05, 3.63) is 35.6 Å². The highest BCUT2D eigenvalue weighted by Gasteiger charge is 2.27. The lowest BCUT2D eigenvalue weighted by Crippen LogP contribution is -2.51. The van der Waals surface area contributed by atoms with Gasteiger partial charge in [0.2, 0.25) is 11.8 Å². The highest BCUT2D eigenvalue weighted by molar-refractivity contribution is 5.86. The molecule has 1 atom stereocenters. The van der Waals surface area contributed by atoms with E-state index >= 15 is 0 Å². The third-order valence-corrected chi connectivity index (χ3v) is 4.86. The van der Waals surface area contributed by atoms with Crippen molar-refractivity contribution in [2.24, 2.45) is 5.92 Å². The molecule has 2 fully saturated rings. The molecule has 1 unspecified atom stereocenters. The van der Waals surface area contributed by atoms with Gasteiger partial charge in [0.05, 0.1) is 6.54 Å². The molecule has 25 heavy (non-hydrogen) atoms. The average molecular weight is 370 g/mol. The molecular formula is C18H25ClFN3O2. The van der Waals surface area contributed by atoms with Gasteiger partial charge in [-0.25, -0.2) is 4.39 Å². The molecule has 0 aromatic heterocycles. The standard InChI is InChI=1S/C18H24FN3O2.ClH/c19-16-3-1-2-15(10-16)12-21-8-9-22(13-18(21)24)17(23)5-4-14-6-7-20-11-14;/h1-3,10,14,20H,4-9,11-13H2;1H. The summed E-state index contributed by atoms with van der Waals surface area (Å²) in [6.45, 7) is 3.63. The van der Waals surface area contributed by atoms with Gasteiger partial charge in [0.15, 0.2) is 0 Å². The molecule has 2 aliphatic rings. The van der Waals surface area contributed by atoms with Crippen LogP contribution in [-0.2, 0) is 16.1 Å². The molecule has 0 bridgehead atoms. The Morgan fingerprint density at radius 3 is 2.84 bits per heavy atom. The van der Waals surface area contributed by atoms with Crippen LogP contribution in [0.2, 0.25) is 0 Å². The highest BCUT2D eigenvalue weighted by Crippen LogP contribution is 2.17. The minimum atomic E-state index is -0.296. The van der Waals surface area contributed by atoms with Gasteiger partial charge in [0.1, 0.15) is 5.82 Å². The monoisotopic (exact) mass is 369 g/mol. The van der Waals surface area contributed by atoms with Crippen molar-refractivity contribution in [2.75, 3.05) is 32.7 Å². The second kappa shape index (κ2) is 9.15. The van der Waals surface area contributed by atoms with Crippen molar-refractivity contribution in [3.8, 4) is 0 Å². The Bertz CT molecular complexity index is 608. The molecule has 0 radical (unpaired) electrons. The molecule has 138 valence electrons. The highest BCUT2D eigenvalue weighted by atomic mass is 35.5. The SMILES string of the molecule is Cl.O=C(CCC1CCNC1)N1CCN(Cc2cccc(F)c2)C(=O)C1. The summed E-state index contributed by atoms with van der Waals surface area (Å²) in [4.78, 5) is 27.9. The number of hydrogen-bond acceptors (Lipinski definition) is 3. The first-order valence-electron chi connectivity index (χ1n) is 8.62. The van der Waals surface area contributed by atoms with Crippen molar-refractivity contribution in [2.45, 2.75) is 25.8 Å². The van der Waals surface area contributed by atoms with Crippen molar-refractivity contribution in [1.29, 1.82) is 0 Å². The molecule has 2 amide bonds. The fourth-order valence-electron chi connectivity index (χ4n) is 3.39. The Labute approximate surface area is 154 Å². The Morgan fingerprint density at radius 1 is 1.32 bits per heavy atom. The van der Waals surface area contributed by atoms with Gasteiger partial charge in [-0.3, -0.25) is 9.59 Å². The van der Waals surface area contributed by atoms with Crippen LogP contribution in [0.3, 0.4) is 0 Å². The molecular weight excluding hydrogens is 345 g/mol. The summed E-state index contributed by atoms with van der Waals surface area (Å²) in [5, 5.41) is 3.30. The molecule has 2 aliphatic heterocycles. The number of nitrogens with zero attached hydrogens (tertiary/aromatic N) is 2. The van der Waals surface area contributed by atoms with Crippen LogP contribution in [0, 0.1) is 11.7 Å². The Balaban J connectivity index is 0.00000225. The van der Waals surface area contributed by atoms with Gasteiger partial charge >= 0.3 is 0 Å². The Kier molecular flexibility index (Phi) is 7.20. The largest absolute Gasteiger partial charge is 0.335 e. The smallest absolute Gasteiger partial charge is 0.242 e. The second-order valence-electron chi connectivity index (χ2n) is 6.66. The van der Waals surface area contributed by atoms with Crippen molar-refractivity contribution < 1.29 is 14.0 Å². The lowest BCUT2D eigenvalue weighted by Gasteiger charge is -2.34. The van der Waals surface area contributed by atoms with Gasteiger partial charge < -0.3 is 15.1 Å². The van der Waals surface area contributed by atoms with E-state index in [1.807, 2.05) is 6.07 Å². The second-order valence-corrected chi connectivity index (χ2v) is 6.66. The fraction of sp³-hybridized carbons (Fsp3) is 0.556. The quantitative estimate of drug-likeness (QED) is 0.861. The summed E-state index contributed by atoms with van der Waals surface area (Å²) in [6, 6.07) is 6.29. The van der Waals surface area contributed by atoms with E-state index in [1.54, 1.807) is 15.9 Å². The minimum Gasteiger partial charge on any atom is -0.335 e. The maximum atomic E-state index is 13.2. The summed E-state index contributed by atoms with van der Waals surface area (Å²) in [7, 11) is 0. The van der Waals surface area contributed by atoms with Gasteiger partial charge in [-0.15, -0.1) is 12.4 Å². The van der Waals surface area contributed by atoms with Crippen LogP contribution < -0.4 is 5.32 Å². The number of benzene rings is 1. The Hall–Kier alpha value is -1.66. The van der Waals surface area contributed by atoms with Crippen molar-refractivity contribution in [3.63, 3.8) is 0 Å². The molecule has 3 rings (SSSR count). The molecule has 2 saturated heterocycles. The molecule has 0 spiro atoms. The van der Waals surface area contributed by atoms with E-state index in [1.165, 1.54) is 12.1 Å². The average Bonchev–Trinajstić information content (AvgIpc) is 3.08. The topological polar surface area (TPSA) is 52.7 Å². The number of hydrogen-bond donors (Lipinski definition) is 1. The molecule has 1 N–H and O–H groups in total. The lowest BCUT2D eigenvalue weighted by atomic mass is 10.0. The summed E-state index contributed by atoms with van der Waals surface area (Å²) in [6.07, 6.45) is 2.54. The first kappa shape index (κ1) is 19.7. The Morgan fingerprint density at radius 2 is 2.16 bits per heavy atom. The van der Waals surface area contributed by atoms with Crippen molar-refractivity contribution in [1.82, 2.24) is 15.1 Å². The molecule has 7 heteroatoms. The summed E-state index contributed by atoms with van der Waals surface area (Å²) < 4.78 is 13.2. The van der Waals surface area contributed by atoms with E-state index in [0.717, 1.165) is 31.5 Å². The number of rotatable bonds is 5. The van der Waals surface area contributed by atoms with Gasteiger partial charge in [-0.2, -0.15) is 0 Å². The van der Waals surface area contributed by atoms with Gasteiger partial charge in [-0.1, -0.05) is 12.1 Å². The molecule has 1 aromatic carbocycles. The van der Waals surface area contributed by atoms with E-state index < -0.39 is 0 Å². The third-order valence-electron chi connectivity index (χ3n) is 4.86. The number of halogens is 2. The molecule has 2 heterocycles. The summed E-state index contributed by atoms with van der Waals surface area (Å²) in [5.74, 6) is 0.288. The van der Waals surface area contributed by atoms with Crippen LogP contribution in [-0.4, -0.2) is 54.3 Å². The number of carbonyl (C=O) groups excluding carboxylic acids is 2. The number of carbonyl (C=O) groups is 2. The van der Waals surface area contributed by atoms with Crippen LogP contribution in [0.4, 0.5) is 4.39 Å². The van der Waals surface area contributed by atoms with Crippen LogP contribution in [0.5, 0.6) is 0 Å². The summed E-state index contributed by atoms with van der Waals surface area (Å²) >= 11 is 0. The predicted octanol–water partition coefficient (Wildman–Crippen LogP) is 1.81. The maximum absolute atomic E-state index is 13.2. The normalized spacial score (nSPS) is 20.5. The van der Waals surface area contributed by atoms with Gasteiger partial charge in [-0.05, 0) is 49.5 Å². The minimum absolute atomic E-state index is 0. The summed E-state index contributed by atoms with van der Waals surface area (Å²) in [5.41, 5.74) is 0.775. The lowest BCUT2D eigenvalue weighted by molar-refractivity contribution is -0.145. The van der Waals surface area contributed by atoms with E-state index in [9.17, 15) is 14.0 Å². The van der Waals surface area contributed by atoms with Gasteiger partial charge in [0, 0.05) is 26.1 Å².